The fourth-order valence-corrected chi connectivity index (χ4v) is 2.76. The third-order valence-electron chi connectivity index (χ3n) is 3.74. The van der Waals surface area contributed by atoms with Crippen molar-refractivity contribution in [1.82, 2.24) is 41.0 Å². The molecule has 25 heavy (non-hydrogen) atoms. The number of ether oxygens (including phenoxy) is 1. The largest absolute Gasteiger partial charge is 0.423 e. The number of hydrogen-bond donors (Lipinski definition) is 0. The van der Waals surface area contributed by atoms with Crippen molar-refractivity contribution in [3.05, 3.63) is 42.5 Å². The summed E-state index contributed by atoms with van der Waals surface area (Å²) < 4.78 is 25.9. The van der Waals surface area contributed by atoms with Gasteiger partial charge in [-0.3, -0.25) is 4.90 Å². The van der Waals surface area contributed by atoms with Crippen molar-refractivity contribution in [1.29, 1.82) is 0 Å². The Bertz CT molecular complexity index is 887. The highest BCUT2D eigenvalue weighted by molar-refractivity contribution is 5.44. The average Bonchev–Trinajstić information content (AvgIpc) is 3.49. The summed E-state index contributed by atoms with van der Waals surface area (Å²) in [5, 5.41) is 26.5. The van der Waals surface area contributed by atoms with E-state index < -0.39 is 11.8 Å². The normalized spacial score (nSPS) is 23.4. The summed E-state index contributed by atoms with van der Waals surface area (Å²) in [6, 6.07) is -0.507. The lowest BCUT2D eigenvalue weighted by atomic mass is 10.1. The maximum atomic E-state index is 6.04. The van der Waals surface area contributed by atoms with E-state index in [1.54, 1.807) is 4.90 Å². The first-order valence-corrected chi connectivity index (χ1v) is 6.91. The van der Waals surface area contributed by atoms with Crippen LogP contribution in [-0.2, 0) is 10.5 Å². The van der Waals surface area contributed by atoms with Gasteiger partial charge >= 0.3 is 0 Å². The zero-order chi connectivity index (χ0) is 16.7. The quantitative estimate of drug-likeness (QED) is 0.472. The second kappa shape index (κ2) is 5.17. The van der Waals surface area contributed by atoms with Gasteiger partial charge in [-0.2, -0.15) is 4.98 Å². The molecule has 2 unspecified atom stereocenters. The molecule has 0 aromatic carbocycles. The summed E-state index contributed by atoms with van der Waals surface area (Å²) >= 11 is 0. The Morgan fingerprint density at radius 3 is 2.84 bits per heavy atom. The first-order valence-electron chi connectivity index (χ1n) is 6.91. The first-order chi connectivity index (χ1) is 12.4. The van der Waals surface area contributed by atoms with Gasteiger partial charge in [0, 0.05) is 5.27 Å². The van der Waals surface area contributed by atoms with Crippen LogP contribution in [0.3, 0.4) is 0 Å². The molecule has 126 valence electrons. The van der Waals surface area contributed by atoms with Crippen molar-refractivity contribution in [3.8, 4) is 0 Å². The standard InChI is InChI=1S/C11H7N9O5/c1-8(17-25-14-1)11(9-16-13-5-21-9)20(10-12-4-24-18-10)7(3-22-11)6-2-23-19-15-6/h1-2,4-5,7H,3H2. The van der Waals surface area contributed by atoms with Crippen molar-refractivity contribution in [2.75, 3.05) is 11.5 Å². The molecule has 2 atom stereocenters. The van der Waals surface area contributed by atoms with Crippen molar-refractivity contribution in [2.24, 2.45) is 0 Å². The number of hydrogen-bond acceptors (Lipinski definition) is 14. The van der Waals surface area contributed by atoms with Gasteiger partial charge in [0.25, 0.3) is 17.6 Å². The Kier molecular flexibility index (Phi) is 2.84. The van der Waals surface area contributed by atoms with Crippen LogP contribution in [0.1, 0.15) is 23.3 Å². The molecule has 14 heteroatoms. The Morgan fingerprint density at radius 2 is 2.16 bits per heavy atom. The van der Waals surface area contributed by atoms with Crippen LogP contribution in [0.25, 0.3) is 0 Å². The zero-order valence-corrected chi connectivity index (χ0v) is 12.2. The Balaban J connectivity index is 1.74. The molecule has 1 saturated heterocycles. The van der Waals surface area contributed by atoms with E-state index >= 15 is 0 Å². The molecule has 1 fully saturated rings. The Hall–Kier alpha value is -3.68. The predicted octanol–water partition coefficient (Wildman–Crippen LogP) is -0.302. The fraction of sp³-hybridized carbons (Fsp3) is 0.273. The SMILES string of the molecule is c1nc(N2C(c3conn3)COC2(c2cnon2)c2nnco2)no1. The Labute approximate surface area is 136 Å². The van der Waals surface area contributed by atoms with Crippen LogP contribution in [0.2, 0.25) is 0 Å². The molecular formula is C11H7N9O5. The molecule has 14 nitrogen and oxygen atoms in total. The maximum absolute atomic E-state index is 6.04. The smallest absolute Gasteiger partial charge is 0.276 e. The van der Waals surface area contributed by atoms with Crippen LogP contribution in [0, 0.1) is 0 Å². The van der Waals surface area contributed by atoms with E-state index in [2.05, 4.69) is 41.0 Å². The third kappa shape index (κ3) is 1.87. The Morgan fingerprint density at radius 1 is 1.16 bits per heavy atom. The van der Waals surface area contributed by atoms with E-state index in [-0.39, 0.29) is 24.1 Å². The molecule has 5 heterocycles. The van der Waals surface area contributed by atoms with Crippen LogP contribution < -0.4 is 4.90 Å². The van der Waals surface area contributed by atoms with Gasteiger partial charge in [0.05, 0.1) is 6.61 Å². The molecule has 4 aromatic heterocycles. The van der Waals surface area contributed by atoms with Crippen LogP contribution in [0.5, 0.6) is 0 Å². The van der Waals surface area contributed by atoms with Gasteiger partial charge in [-0.15, -0.1) is 15.3 Å². The fourth-order valence-electron chi connectivity index (χ4n) is 2.76. The molecule has 0 spiro atoms. The molecule has 0 amide bonds. The lowest BCUT2D eigenvalue weighted by molar-refractivity contribution is 0.00773. The molecule has 0 aliphatic carbocycles. The minimum atomic E-state index is -1.50. The number of rotatable bonds is 4. The number of nitrogens with zero attached hydrogens (tertiary/aromatic N) is 9. The van der Waals surface area contributed by atoms with E-state index in [9.17, 15) is 0 Å². The molecular weight excluding hydrogens is 338 g/mol. The van der Waals surface area contributed by atoms with E-state index in [0.717, 1.165) is 6.39 Å². The molecule has 4 aromatic rings. The van der Waals surface area contributed by atoms with Gasteiger partial charge in [0.2, 0.25) is 12.8 Å². The molecule has 0 bridgehead atoms. The van der Waals surface area contributed by atoms with Crippen molar-refractivity contribution >= 4 is 5.95 Å². The minimum absolute atomic E-state index is 0.0759. The summed E-state index contributed by atoms with van der Waals surface area (Å²) in [5.41, 5.74) is -0.771. The molecule has 0 radical (unpaired) electrons. The number of aromatic nitrogens is 8. The van der Waals surface area contributed by atoms with Crippen LogP contribution in [0.4, 0.5) is 5.95 Å². The summed E-state index contributed by atoms with van der Waals surface area (Å²) in [7, 11) is 0. The monoisotopic (exact) mass is 345 g/mol. The summed E-state index contributed by atoms with van der Waals surface area (Å²) in [6.45, 7) is 0.137. The van der Waals surface area contributed by atoms with Gasteiger partial charge in [0.15, 0.2) is 5.69 Å². The minimum Gasteiger partial charge on any atom is -0.423 e. The first kappa shape index (κ1) is 13.7. The van der Waals surface area contributed by atoms with E-state index in [4.69, 9.17) is 22.8 Å². The van der Waals surface area contributed by atoms with Crippen molar-refractivity contribution in [2.45, 2.75) is 11.8 Å². The highest BCUT2D eigenvalue weighted by Crippen LogP contribution is 2.47. The van der Waals surface area contributed by atoms with Crippen LogP contribution >= 0.6 is 0 Å². The lowest BCUT2D eigenvalue weighted by Crippen LogP contribution is -2.46. The van der Waals surface area contributed by atoms with E-state index in [0.29, 0.717) is 5.69 Å². The van der Waals surface area contributed by atoms with Crippen LogP contribution in [0.15, 0.2) is 43.3 Å². The molecule has 1 aliphatic rings. The second-order valence-corrected chi connectivity index (χ2v) is 4.94. The van der Waals surface area contributed by atoms with Gasteiger partial charge in [-0.05, 0) is 10.3 Å². The van der Waals surface area contributed by atoms with Crippen molar-refractivity contribution < 1.29 is 22.8 Å². The summed E-state index contributed by atoms with van der Waals surface area (Å²) in [4.78, 5) is 5.69. The molecule has 0 saturated carbocycles. The van der Waals surface area contributed by atoms with Gasteiger partial charge in [-0.1, -0.05) is 5.16 Å². The van der Waals surface area contributed by atoms with E-state index in [1.165, 1.54) is 18.9 Å². The summed E-state index contributed by atoms with van der Waals surface area (Å²) in [5.74, 6) is 0.249. The third-order valence-corrected chi connectivity index (χ3v) is 3.74. The molecule has 5 rings (SSSR count). The van der Waals surface area contributed by atoms with E-state index in [1.807, 2.05) is 0 Å². The highest BCUT2D eigenvalue weighted by Gasteiger charge is 2.59. The second-order valence-electron chi connectivity index (χ2n) is 4.94. The highest BCUT2D eigenvalue weighted by atomic mass is 16.6. The molecule has 0 N–H and O–H groups in total. The maximum Gasteiger partial charge on any atom is 0.276 e. The van der Waals surface area contributed by atoms with Crippen molar-refractivity contribution in [3.63, 3.8) is 0 Å². The lowest BCUT2D eigenvalue weighted by Gasteiger charge is -2.32. The zero-order valence-electron chi connectivity index (χ0n) is 12.2. The topological polar surface area (TPSA) is 168 Å². The molecule has 1 aliphatic heterocycles. The predicted molar refractivity (Wildman–Crippen MR) is 69.1 cm³/mol. The average molecular weight is 345 g/mol. The summed E-state index contributed by atoms with van der Waals surface area (Å²) in [6.07, 6.45) is 5.07. The van der Waals surface area contributed by atoms with Gasteiger partial charge in [-0.25, -0.2) is 4.63 Å². The van der Waals surface area contributed by atoms with Crippen LogP contribution in [-0.4, -0.2) is 47.6 Å². The van der Waals surface area contributed by atoms with Gasteiger partial charge < -0.3 is 18.2 Å². The van der Waals surface area contributed by atoms with Gasteiger partial charge in [0.1, 0.15) is 24.2 Å². The number of anilines is 1.